The van der Waals surface area contributed by atoms with Gasteiger partial charge in [0.25, 0.3) is 0 Å². The Morgan fingerprint density at radius 1 is 1.47 bits per heavy atom. The molecule has 0 aliphatic heterocycles. The maximum absolute atomic E-state index is 13.4. The fourth-order valence-electron chi connectivity index (χ4n) is 2.92. The Kier molecular flexibility index (Phi) is 3.78. The van der Waals surface area contributed by atoms with Gasteiger partial charge in [-0.25, -0.2) is 9.18 Å². The molecule has 3 nitrogen and oxygen atoms in total. The van der Waals surface area contributed by atoms with Crippen LogP contribution in [0.4, 0.5) is 10.1 Å². The number of nitrogens with one attached hydrogen (secondary N) is 1. The van der Waals surface area contributed by atoms with Gasteiger partial charge >= 0.3 is 5.97 Å². The fourth-order valence-corrected chi connectivity index (χ4v) is 2.92. The van der Waals surface area contributed by atoms with Crippen molar-refractivity contribution < 1.29 is 13.9 Å². The molecule has 0 aromatic heterocycles. The maximum Gasteiger partial charge on any atom is 0.331 e. The molecule has 0 bridgehead atoms. The minimum absolute atomic E-state index is 0.265. The summed E-state index contributed by atoms with van der Waals surface area (Å²) in [6.07, 6.45) is 2.40. The summed E-state index contributed by atoms with van der Waals surface area (Å²) in [6, 6.07) is 4.73. The second-order valence-electron chi connectivity index (χ2n) is 5.56. The summed E-state index contributed by atoms with van der Waals surface area (Å²) in [5.74, 6) is -0.103. The zero-order valence-corrected chi connectivity index (χ0v) is 11.6. The van der Waals surface area contributed by atoms with Crippen LogP contribution in [0.2, 0.25) is 0 Å². The zero-order valence-electron chi connectivity index (χ0n) is 11.6. The second-order valence-corrected chi connectivity index (χ2v) is 5.56. The number of carbonyl (C=O) groups is 1. The number of anilines is 1. The molecular formula is C15H20FNO2. The minimum atomic E-state index is -0.714. The van der Waals surface area contributed by atoms with E-state index in [1.54, 1.807) is 0 Å². The Balaban J connectivity index is 2.28. The third-order valence-electron chi connectivity index (χ3n) is 3.76. The van der Waals surface area contributed by atoms with Crippen LogP contribution in [-0.2, 0) is 9.53 Å². The van der Waals surface area contributed by atoms with Gasteiger partial charge in [-0.1, -0.05) is 6.92 Å². The topological polar surface area (TPSA) is 38.3 Å². The molecule has 1 aliphatic carbocycles. The van der Waals surface area contributed by atoms with E-state index in [0.29, 0.717) is 11.6 Å². The Hall–Kier alpha value is -1.58. The Bertz CT molecular complexity index is 469. The van der Waals surface area contributed by atoms with Crippen LogP contribution in [0.15, 0.2) is 18.2 Å². The number of hydrogen-bond acceptors (Lipinski definition) is 3. The first-order chi connectivity index (χ1) is 8.95. The summed E-state index contributed by atoms with van der Waals surface area (Å²) in [7, 11) is 1.39. The lowest BCUT2D eigenvalue weighted by molar-refractivity contribution is -0.145. The molecule has 1 N–H and O–H groups in total. The van der Waals surface area contributed by atoms with Gasteiger partial charge in [-0.05, 0) is 55.9 Å². The van der Waals surface area contributed by atoms with Crippen molar-refractivity contribution in [2.24, 2.45) is 5.92 Å². The van der Waals surface area contributed by atoms with E-state index in [-0.39, 0.29) is 11.8 Å². The predicted octanol–water partition coefficient (Wildman–Crippen LogP) is 3.28. The van der Waals surface area contributed by atoms with E-state index in [0.717, 1.165) is 24.8 Å². The highest BCUT2D eigenvalue weighted by Crippen LogP contribution is 2.38. The summed E-state index contributed by atoms with van der Waals surface area (Å²) >= 11 is 0. The first-order valence-electron chi connectivity index (χ1n) is 6.59. The largest absolute Gasteiger partial charge is 0.467 e. The van der Waals surface area contributed by atoms with E-state index in [1.807, 2.05) is 13.0 Å². The predicted molar refractivity (Wildman–Crippen MR) is 72.5 cm³/mol. The van der Waals surface area contributed by atoms with Gasteiger partial charge in [0.05, 0.1) is 7.11 Å². The summed E-state index contributed by atoms with van der Waals surface area (Å²) < 4.78 is 18.4. The van der Waals surface area contributed by atoms with Gasteiger partial charge in [-0.15, -0.1) is 0 Å². The Labute approximate surface area is 113 Å². The smallest absolute Gasteiger partial charge is 0.331 e. The Morgan fingerprint density at radius 3 is 2.74 bits per heavy atom. The summed E-state index contributed by atoms with van der Waals surface area (Å²) in [5, 5.41) is 3.20. The number of methoxy groups -OCH3 is 1. The van der Waals surface area contributed by atoms with Crippen molar-refractivity contribution in [1.29, 1.82) is 0 Å². The molecule has 19 heavy (non-hydrogen) atoms. The normalized spacial score (nSPS) is 26.2. The van der Waals surface area contributed by atoms with Gasteiger partial charge in [0.15, 0.2) is 0 Å². The number of ether oxygens (including phenoxy) is 1. The standard InChI is InChI=1S/C15H20FNO2/c1-10-4-5-15(9-10,14(18)19-3)17-13-7-11(2)6-12(16)8-13/h6-8,10,17H,4-5,9H2,1-3H3. The van der Waals surface area contributed by atoms with Crippen molar-refractivity contribution in [3.05, 3.63) is 29.6 Å². The molecule has 1 aromatic rings. The Morgan fingerprint density at radius 2 is 2.21 bits per heavy atom. The molecule has 4 heteroatoms. The van der Waals surface area contributed by atoms with Crippen molar-refractivity contribution in [2.75, 3.05) is 12.4 Å². The highest BCUT2D eigenvalue weighted by Gasteiger charge is 2.45. The summed E-state index contributed by atoms with van der Waals surface area (Å²) in [6.45, 7) is 3.94. The zero-order chi connectivity index (χ0) is 14.0. The van der Waals surface area contributed by atoms with E-state index in [9.17, 15) is 9.18 Å². The molecule has 104 valence electrons. The number of rotatable bonds is 3. The van der Waals surface area contributed by atoms with E-state index >= 15 is 0 Å². The van der Waals surface area contributed by atoms with Crippen LogP contribution in [0.3, 0.4) is 0 Å². The monoisotopic (exact) mass is 265 g/mol. The van der Waals surface area contributed by atoms with Gasteiger partial charge in [-0.3, -0.25) is 0 Å². The number of benzene rings is 1. The van der Waals surface area contributed by atoms with Gasteiger partial charge in [0.1, 0.15) is 11.4 Å². The molecule has 0 amide bonds. The lowest BCUT2D eigenvalue weighted by atomic mass is 9.95. The number of esters is 1. The highest BCUT2D eigenvalue weighted by molar-refractivity contribution is 5.85. The third-order valence-corrected chi connectivity index (χ3v) is 3.76. The van der Waals surface area contributed by atoms with Crippen molar-refractivity contribution in [3.63, 3.8) is 0 Å². The average Bonchev–Trinajstić information content (AvgIpc) is 2.69. The molecule has 0 saturated heterocycles. The maximum atomic E-state index is 13.4. The van der Waals surface area contributed by atoms with Crippen LogP contribution >= 0.6 is 0 Å². The SMILES string of the molecule is COC(=O)C1(Nc2cc(C)cc(F)c2)CCC(C)C1. The van der Waals surface area contributed by atoms with Crippen LogP contribution < -0.4 is 5.32 Å². The molecule has 2 rings (SSSR count). The molecule has 1 saturated carbocycles. The van der Waals surface area contributed by atoms with E-state index in [1.165, 1.54) is 19.2 Å². The summed E-state index contributed by atoms with van der Waals surface area (Å²) in [5.41, 5.74) is 0.750. The van der Waals surface area contributed by atoms with Crippen molar-refractivity contribution >= 4 is 11.7 Å². The second kappa shape index (κ2) is 5.19. The van der Waals surface area contributed by atoms with Gasteiger partial charge in [-0.2, -0.15) is 0 Å². The van der Waals surface area contributed by atoms with Gasteiger partial charge < -0.3 is 10.1 Å². The summed E-state index contributed by atoms with van der Waals surface area (Å²) in [4.78, 5) is 12.1. The van der Waals surface area contributed by atoms with Crippen LogP contribution in [-0.4, -0.2) is 18.6 Å². The van der Waals surface area contributed by atoms with Gasteiger partial charge in [0.2, 0.25) is 0 Å². The van der Waals surface area contributed by atoms with Crippen molar-refractivity contribution in [3.8, 4) is 0 Å². The van der Waals surface area contributed by atoms with Crippen molar-refractivity contribution in [2.45, 2.75) is 38.6 Å². The van der Waals surface area contributed by atoms with Crippen LogP contribution in [0, 0.1) is 18.7 Å². The lowest BCUT2D eigenvalue weighted by Crippen LogP contribution is -2.45. The van der Waals surface area contributed by atoms with Gasteiger partial charge in [0, 0.05) is 5.69 Å². The van der Waals surface area contributed by atoms with Crippen LogP contribution in [0.25, 0.3) is 0 Å². The van der Waals surface area contributed by atoms with E-state index in [4.69, 9.17) is 4.74 Å². The molecule has 1 aliphatic rings. The van der Waals surface area contributed by atoms with Crippen molar-refractivity contribution in [1.82, 2.24) is 0 Å². The number of aryl methyl sites for hydroxylation is 1. The highest BCUT2D eigenvalue weighted by atomic mass is 19.1. The molecular weight excluding hydrogens is 245 g/mol. The number of halogens is 1. The third kappa shape index (κ3) is 2.88. The molecule has 0 spiro atoms. The molecule has 1 aromatic carbocycles. The van der Waals surface area contributed by atoms with Crippen LogP contribution in [0.1, 0.15) is 31.7 Å². The number of hydrogen-bond donors (Lipinski definition) is 1. The molecule has 0 heterocycles. The molecule has 0 radical (unpaired) electrons. The lowest BCUT2D eigenvalue weighted by Gasteiger charge is -2.29. The molecule has 2 unspecified atom stereocenters. The molecule has 2 atom stereocenters. The molecule has 1 fully saturated rings. The fraction of sp³-hybridized carbons (Fsp3) is 0.533. The van der Waals surface area contributed by atoms with E-state index in [2.05, 4.69) is 12.2 Å². The minimum Gasteiger partial charge on any atom is -0.467 e. The average molecular weight is 265 g/mol. The first kappa shape index (κ1) is 13.8. The van der Waals surface area contributed by atoms with Crippen LogP contribution in [0.5, 0.6) is 0 Å². The van der Waals surface area contributed by atoms with E-state index < -0.39 is 5.54 Å². The first-order valence-corrected chi connectivity index (χ1v) is 6.59. The quantitative estimate of drug-likeness (QED) is 0.852. The number of carbonyl (C=O) groups excluding carboxylic acids is 1.